The van der Waals surface area contributed by atoms with Crippen molar-refractivity contribution in [3.8, 4) is 0 Å². The van der Waals surface area contributed by atoms with Crippen molar-refractivity contribution in [1.82, 2.24) is 5.43 Å². The van der Waals surface area contributed by atoms with Crippen LogP contribution in [0.3, 0.4) is 0 Å². The first-order valence-electron chi connectivity index (χ1n) is 6.99. The normalized spacial score (nSPS) is 11.0. The van der Waals surface area contributed by atoms with E-state index >= 15 is 0 Å². The van der Waals surface area contributed by atoms with Gasteiger partial charge in [-0.05, 0) is 49.2 Å². The van der Waals surface area contributed by atoms with Gasteiger partial charge in [0, 0.05) is 22.8 Å². The molecule has 0 spiro atoms. The van der Waals surface area contributed by atoms with Crippen molar-refractivity contribution in [2.24, 2.45) is 5.10 Å². The minimum absolute atomic E-state index is 0.00585. The second kappa shape index (κ2) is 7.56. The second-order valence-corrected chi connectivity index (χ2v) is 5.39. The number of hydrogen-bond donors (Lipinski definition) is 2. The van der Waals surface area contributed by atoms with Crippen LogP contribution in [-0.4, -0.2) is 16.7 Å². The highest BCUT2D eigenvalue weighted by molar-refractivity contribution is 6.31. The van der Waals surface area contributed by atoms with Crippen molar-refractivity contribution in [3.05, 3.63) is 68.7 Å². The molecule has 0 saturated heterocycles. The summed E-state index contributed by atoms with van der Waals surface area (Å²) in [6.45, 7) is 3.48. The molecule has 0 fully saturated rings. The lowest BCUT2D eigenvalue weighted by atomic mass is 10.1. The number of nitro groups is 1. The lowest BCUT2D eigenvalue weighted by Crippen LogP contribution is -2.25. The third-order valence-corrected chi connectivity index (χ3v) is 3.75. The van der Waals surface area contributed by atoms with E-state index in [2.05, 4.69) is 15.8 Å². The van der Waals surface area contributed by atoms with Gasteiger partial charge >= 0.3 is 6.03 Å². The van der Waals surface area contributed by atoms with Gasteiger partial charge in [0.1, 0.15) is 0 Å². The van der Waals surface area contributed by atoms with E-state index in [-0.39, 0.29) is 5.69 Å². The van der Waals surface area contributed by atoms with Crippen LogP contribution in [0, 0.1) is 17.0 Å². The molecular weight excluding hydrogens is 332 g/mol. The molecule has 0 aliphatic heterocycles. The van der Waals surface area contributed by atoms with Crippen LogP contribution in [0.2, 0.25) is 5.02 Å². The molecule has 124 valence electrons. The van der Waals surface area contributed by atoms with E-state index < -0.39 is 11.0 Å². The number of benzene rings is 2. The summed E-state index contributed by atoms with van der Waals surface area (Å²) in [5.41, 5.74) is 4.89. The number of nitrogens with one attached hydrogen (secondary N) is 2. The van der Waals surface area contributed by atoms with Crippen LogP contribution in [-0.2, 0) is 0 Å². The highest BCUT2D eigenvalue weighted by Gasteiger charge is 2.07. The smallest absolute Gasteiger partial charge is 0.306 e. The van der Waals surface area contributed by atoms with Crippen LogP contribution in [0.15, 0.2) is 47.6 Å². The molecule has 0 heterocycles. The number of nitrogens with zero attached hydrogens (tertiary/aromatic N) is 2. The lowest BCUT2D eigenvalue weighted by molar-refractivity contribution is -0.384. The van der Waals surface area contributed by atoms with Gasteiger partial charge in [0.25, 0.3) is 5.69 Å². The molecule has 2 amide bonds. The summed E-state index contributed by atoms with van der Waals surface area (Å²) in [6.07, 6.45) is 0. The number of anilines is 1. The zero-order chi connectivity index (χ0) is 17.7. The first-order chi connectivity index (χ1) is 11.4. The van der Waals surface area contributed by atoms with E-state index in [1.54, 1.807) is 44.2 Å². The van der Waals surface area contributed by atoms with Gasteiger partial charge in [-0.25, -0.2) is 10.2 Å². The molecule has 2 aromatic rings. The number of nitro benzene ring substituents is 1. The molecule has 0 radical (unpaired) electrons. The lowest BCUT2D eigenvalue weighted by Gasteiger charge is -2.09. The molecule has 0 aliphatic carbocycles. The molecule has 2 N–H and O–H groups in total. The van der Waals surface area contributed by atoms with Crippen LogP contribution in [0.25, 0.3) is 0 Å². The number of rotatable bonds is 4. The number of hydrogen-bond acceptors (Lipinski definition) is 4. The summed E-state index contributed by atoms with van der Waals surface area (Å²) in [6, 6.07) is 10.6. The Morgan fingerprint density at radius 3 is 2.50 bits per heavy atom. The van der Waals surface area contributed by atoms with Crippen molar-refractivity contribution in [2.45, 2.75) is 13.8 Å². The van der Waals surface area contributed by atoms with E-state index in [0.29, 0.717) is 22.0 Å². The van der Waals surface area contributed by atoms with Crippen molar-refractivity contribution >= 4 is 34.7 Å². The first kappa shape index (κ1) is 17.4. The fourth-order valence-corrected chi connectivity index (χ4v) is 2.09. The number of amides is 2. The van der Waals surface area contributed by atoms with Crippen LogP contribution < -0.4 is 10.7 Å². The fourth-order valence-electron chi connectivity index (χ4n) is 1.92. The number of halogens is 1. The Kier molecular flexibility index (Phi) is 5.49. The maximum absolute atomic E-state index is 11.9. The van der Waals surface area contributed by atoms with Gasteiger partial charge in [0.05, 0.1) is 10.6 Å². The molecular formula is C16H15ClN4O3. The predicted molar refractivity (Wildman–Crippen MR) is 93.7 cm³/mol. The first-order valence-corrected chi connectivity index (χ1v) is 7.37. The molecule has 0 aromatic heterocycles. The molecule has 7 nitrogen and oxygen atoms in total. The van der Waals surface area contributed by atoms with Gasteiger partial charge in [-0.3, -0.25) is 10.1 Å². The molecule has 0 unspecified atom stereocenters. The largest absolute Gasteiger partial charge is 0.339 e. The Hall–Kier alpha value is -2.93. The Balaban J connectivity index is 2.02. The van der Waals surface area contributed by atoms with Crippen molar-refractivity contribution < 1.29 is 9.72 Å². The van der Waals surface area contributed by atoms with Crippen LogP contribution >= 0.6 is 11.6 Å². The Labute approximate surface area is 143 Å². The predicted octanol–water partition coefficient (Wildman–Crippen LogP) is 4.10. The van der Waals surface area contributed by atoms with E-state index in [4.69, 9.17) is 11.6 Å². The topological polar surface area (TPSA) is 96.6 Å². The maximum atomic E-state index is 11.9. The van der Waals surface area contributed by atoms with Gasteiger partial charge in [-0.2, -0.15) is 5.10 Å². The maximum Gasteiger partial charge on any atom is 0.339 e. The number of hydrazone groups is 1. The molecule has 0 saturated carbocycles. The van der Waals surface area contributed by atoms with Crippen molar-refractivity contribution in [1.29, 1.82) is 0 Å². The van der Waals surface area contributed by atoms with Gasteiger partial charge in [-0.1, -0.05) is 17.7 Å². The van der Waals surface area contributed by atoms with Gasteiger partial charge in [-0.15, -0.1) is 0 Å². The number of carbonyl (C=O) groups excluding carboxylic acids is 1. The standard InChI is InChI=1S/C16H15ClN4O3/c1-10-14(17)4-3-5-15(10)18-16(22)20-19-11(2)12-6-8-13(9-7-12)21(23)24/h3-9H,1-2H3,(H2,18,20,22)/b19-11+. The van der Waals surface area contributed by atoms with E-state index in [9.17, 15) is 14.9 Å². The van der Waals surface area contributed by atoms with Crippen LogP contribution in [0.4, 0.5) is 16.2 Å². The Bertz CT molecular complexity index is 803. The number of carbonyl (C=O) groups is 1. The van der Waals surface area contributed by atoms with Gasteiger partial charge in [0.2, 0.25) is 0 Å². The second-order valence-electron chi connectivity index (χ2n) is 4.98. The minimum atomic E-state index is -0.512. The Morgan fingerprint density at radius 2 is 1.88 bits per heavy atom. The monoisotopic (exact) mass is 346 g/mol. The minimum Gasteiger partial charge on any atom is -0.306 e. The van der Waals surface area contributed by atoms with Crippen LogP contribution in [0.1, 0.15) is 18.1 Å². The average Bonchev–Trinajstić information content (AvgIpc) is 2.57. The highest BCUT2D eigenvalue weighted by atomic mass is 35.5. The third-order valence-electron chi connectivity index (χ3n) is 3.34. The zero-order valence-corrected chi connectivity index (χ0v) is 13.8. The summed E-state index contributed by atoms with van der Waals surface area (Å²) >= 11 is 5.99. The molecule has 0 atom stereocenters. The van der Waals surface area contributed by atoms with Crippen molar-refractivity contribution in [2.75, 3.05) is 5.32 Å². The summed E-state index contributed by atoms with van der Waals surface area (Å²) in [4.78, 5) is 22.0. The summed E-state index contributed by atoms with van der Waals surface area (Å²) in [7, 11) is 0. The van der Waals surface area contributed by atoms with Gasteiger partial charge in [0.15, 0.2) is 0 Å². The van der Waals surface area contributed by atoms with E-state index in [1.807, 2.05) is 0 Å². The zero-order valence-electron chi connectivity index (χ0n) is 13.0. The van der Waals surface area contributed by atoms with Crippen LogP contribution in [0.5, 0.6) is 0 Å². The van der Waals surface area contributed by atoms with Crippen molar-refractivity contribution in [3.63, 3.8) is 0 Å². The molecule has 2 aromatic carbocycles. The molecule has 0 bridgehead atoms. The summed E-state index contributed by atoms with van der Waals surface area (Å²) in [5.74, 6) is 0. The molecule has 2 rings (SSSR count). The average molecular weight is 347 g/mol. The van der Waals surface area contributed by atoms with E-state index in [0.717, 1.165) is 5.56 Å². The molecule has 0 aliphatic rings. The SMILES string of the molecule is C/C(=N\NC(=O)Nc1cccc(Cl)c1C)c1ccc([N+](=O)[O-])cc1. The molecule has 24 heavy (non-hydrogen) atoms. The fraction of sp³-hybridized carbons (Fsp3) is 0.125. The third kappa shape index (κ3) is 4.30. The molecule has 8 heteroatoms. The quantitative estimate of drug-likeness (QED) is 0.495. The Morgan fingerprint density at radius 1 is 1.21 bits per heavy atom. The van der Waals surface area contributed by atoms with Gasteiger partial charge < -0.3 is 5.32 Å². The van der Waals surface area contributed by atoms with E-state index in [1.165, 1.54) is 12.1 Å². The summed E-state index contributed by atoms with van der Waals surface area (Å²) in [5, 5.41) is 17.8. The highest BCUT2D eigenvalue weighted by Crippen LogP contribution is 2.22. The summed E-state index contributed by atoms with van der Waals surface area (Å²) < 4.78 is 0. The number of urea groups is 1. The number of non-ortho nitro benzene ring substituents is 1.